The summed E-state index contributed by atoms with van der Waals surface area (Å²) in [5.74, 6) is -0.193. The summed E-state index contributed by atoms with van der Waals surface area (Å²) in [6.07, 6.45) is 4.55. The second-order valence-corrected chi connectivity index (χ2v) is 7.20. The van der Waals surface area contributed by atoms with Crippen LogP contribution < -0.4 is 39.5 Å². The van der Waals surface area contributed by atoms with Gasteiger partial charge in [0.1, 0.15) is 11.4 Å². The van der Waals surface area contributed by atoms with Gasteiger partial charge >= 0.3 is 0 Å². The minimum Gasteiger partial charge on any atom is -1.00 e. The molecule has 2 heterocycles. The van der Waals surface area contributed by atoms with Crippen molar-refractivity contribution in [2.75, 3.05) is 23.1 Å². The highest BCUT2D eigenvalue weighted by atomic mass is 35.5. The lowest BCUT2D eigenvalue weighted by Gasteiger charge is -2.03. The van der Waals surface area contributed by atoms with Gasteiger partial charge in [-0.2, -0.15) is 0 Å². The van der Waals surface area contributed by atoms with Crippen molar-refractivity contribution < 1.29 is 32.2 Å². The molecule has 3 amide bonds. The van der Waals surface area contributed by atoms with E-state index in [-0.39, 0.29) is 36.0 Å². The zero-order chi connectivity index (χ0) is 22.3. The molecule has 0 aliphatic rings. The van der Waals surface area contributed by atoms with Crippen LogP contribution in [0.3, 0.4) is 0 Å². The van der Waals surface area contributed by atoms with Crippen molar-refractivity contribution in [2.45, 2.75) is 19.3 Å². The lowest BCUT2D eigenvalue weighted by molar-refractivity contribution is -0.118. The minimum absolute atomic E-state index is 0. The van der Waals surface area contributed by atoms with E-state index in [1.807, 2.05) is 0 Å². The molecule has 10 nitrogen and oxygen atoms in total. The molecule has 0 fully saturated rings. The molecular weight excluding hydrogens is 445 g/mol. The highest BCUT2D eigenvalue weighted by molar-refractivity contribution is 6.18. The van der Waals surface area contributed by atoms with Crippen molar-refractivity contribution in [3.05, 3.63) is 35.9 Å². The van der Waals surface area contributed by atoms with Crippen molar-refractivity contribution in [1.29, 1.82) is 0 Å². The Balaban J connectivity index is 0.00000480. The quantitative estimate of drug-likeness (QED) is 0.141. The van der Waals surface area contributed by atoms with E-state index in [0.717, 1.165) is 0 Å². The fourth-order valence-corrected chi connectivity index (χ4v) is 2.91. The van der Waals surface area contributed by atoms with Gasteiger partial charge in [0.25, 0.3) is 11.8 Å². The average Bonchev–Trinajstić information content (AvgIpc) is 3.21. The smallest absolute Gasteiger partial charge is 0.272 e. The lowest BCUT2D eigenvalue weighted by atomic mass is 10.3. The molecule has 31 heavy (non-hydrogen) atoms. The van der Waals surface area contributed by atoms with Crippen LogP contribution in [0.5, 0.6) is 0 Å². The SMILES string of the molecule is Cn1cc(NC(=O)c2cc(NC(=O)CCCCl)cn2C)cc1C(=O)NCCC(N)=[NH2+].[Cl-]. The highest BCUT2D eigenvalue weighted by Crippen LogP contribution is 2.17. The van der Waals surface area contributed by atoms with Crippen molar-refractivity contribution in [3.8, 4) is 0 Å². The van der Waals surface area contributed by atoms with E-state index in [9.17, 15) is 14.4 Å². The Hall–Kier alpha value is -2.98. The molecule has 0 bridgehead atoms. The number of nitrogens with one attached hydrogen (secondary N) is 3. The molecule has 0 aliphatic heterocycles. The fourth-order valence-electron chi connectivity index (χ4n) is 2.77. The first kappa shape index (κ1) is 26.1. The second kappa shape index (κ2) is 12.0. The summed E-state index contributed by atoms with van der Waals surface area (Å²) in [5.41, 5.74) is 7.10. The summed E-state index contributed by atoms with van der Waals surface area (Å²) in [5, 5.41) is 13.6. The number of amides is 3. The van der Waals surface area contributed by atoms with E-state index < -0.39 is 0 Å². The third-order valence-corrected chi connectivity index (χ3v) is 4.52. The molecule has 7 N–H and O–H groups in total. The van der Waals surface area contributed by atoms with Gasteiger partial charge in [-0.05, 0) is 18.6 Å². The van der Waals surface area contributed by atoms with Gasteiger partial charge in [0.05, 0.1) is 17.8 Å². The molecule has 2 aromatic heterocycles. The topological polar surface area (TPSA) is 149 Å². The van der Waals surface area contributed by atoms with Crippen LogP contribution in [0.15, 0.2) is 24.5 Å². The number of alkyl halides is 1. The van der Waals surface area contributed by atoms with E-state index in [1.54, 1.807) is 47.8 Å². The van der Waals surface area contributed by atoms with Crippen molar-refractivity contribution >= 4 is 46.5 Å². The first-order valence-corrected chi connectivity index (χ1v) is 9.89. The van der Waals surface area contributed by atoms with Gasteiger partial charge in [0.2, 0.25) is 11.7 Å². The number of halogens is 2. The standard InChI is InChI=1S/C19H26ClN7O3.ClH/c1-26-11-13(9-14(26)18(29)23-7-5-16(21)22)25-19(30)15-8-12(10-27(15)2)24-17(28)4-3-6-20;/h8-11H,3-7H2,1-2H3,(H3,21,22)(H,23,29)(H,24,28)(H,25,30);1H. The summed E-state index contributed by atoms with van der Waals surface area (Å²) < 4.78 is 3.21. The molecule has 0 aromatic carbocycles. The maximum atomic E-state index is 12.6. The molecule has 0 atom stereocenters. The molecule has 170 valence electrons. The van der Waals surface area contributed by atoms with E-state index in [2.05, 4.69) is 16.0 Å². The number of carbonyl (C=O) groups is 3. The summed E-state index contributed by atoms with van der Waals surface area (Å²) in [6, 6.07) is 3.15. The van der Waals surface area contributed by atoms with Crippen molar-refractivity contribution in [2.24, 2.45) is 19.8 Å². The molecule has 0 saturated heterocycles. The first-order chi connectivity index (χ1) is 14.2. The monoisotopic (exact) mass is 471 g/mol. The second-order valence-electron chi connectivity index (χ2n) is 6.83. The molecule has 0 aliphatic carbocycles. The molecule has 0 unspecified atom stereocenters. The number of nitrogens with two attached hydrogens (primary N) is 2. The van der Waals surface area contributed by atoms with Gasteiger partial charge in [-0.3, -0.25) is 25.5 Å². The van der Waals surface area contributed by atoms with Crippen molar-refractivity contribution in [1.82, 2.24) is 14.5 Å². The first-order valence-electron chi connectivity index (χ1n) is 9.36. The van der Waals surface area contributed by atoms with Gasteiger partial charge in [-0.1, -0.05) is 0 Å². The number of carbonyl (C=O) groups excluding carboxylic acids is 3. The predicted molar refractivity (Wildman–Crippen MR) is 115 cm³/mol. The molecule has 0 saturated carbocycles. The van der Waals surface area contributed by atoms with Gasteiger partial charge in [0, 0.05) is 45.3 Å². The Kier molecular flexibility index (Phi) is 10.1. The number of amidine groups is 1. The van der Waals surface area contributed by atoms with Gasteiger partial charge < -0.3 is 37.5 Å². The zero-order valence-electron chi connectivity index (χ0n) is 17.4. The van der Waals surface area contributed by atoms with E-state index in [1.165, 1.54) is 0 Å². The normalized spacial score (nSPS) is 10.2. The zero-order valence-corrected chi connectivity index (χ0v) is 18.9. The summed E-state index contributed by atoms with van der Waals surface area (Å²) in [4.78, 5) is 36.7. The van der Waals surface area contributed by atoms with Gasteiger partial charge in [-0.25, -0.2) is 0 Å². The predicted octanol–water partition coefficient (Wildman–Crippen LogP) is -3.19. The minimum atomic E-state index is -0.373. The number of nitrogens with zero attached hydrogens (tertiary/aromatic N) is 2. The van der Waals surface area contributed by atoms with E-state index in [4.69, 9.17) is 22.7 Å². The maximum absolute atomic E-state index is 12.6. The molecular formula is C19H27Cl2N7O3. The Bertz CT molecular complexity index is 952. The Morgan fingerprint density at radius 3 is 2.10 bits per heavy atom. The Labute approximate surface area is 191 Å². The highest BCUT2D eigenvalue weighted by Gasteiger charge is 2.17. The number of aromatic nitrogens is 2. The van der Waals surface area contributed by atoms with Gasteiger partial charge in [0.15, 0.2) is 0 Å². The summed E-state index contributed by atoms with van der Waals surface area (Å²) >= 11 is 5.59. The number of rotatable bonds is 10. The van der Waals surface area contributed by atoms with E-state index >= 15 is 0 Å². The molecule has 2 rings (SSSR count). The number of anilines is 2. The molecule has 0 spiro atoms. The van der Waals surface area contributed by atoms with Crippen LogP contribution in [0.1, 0.15) is 40.2 Å². The number of hydrogen-bond donors (Lipinski definition) is 5. The fraction of sp³-hybridized carbons (Fsp3) is 0.368. The van der Waals surface area contributed by atoms with Gasteiger partial charge in [-0.15, -0.1) is 11.6 Å². The van der Waals surface area contributed by atoms with Crippen LogP contribution in [0.4, 0.5) is 11.4 Å². The molecule has 12 heteroatoms. The van der Waals surface area contributed by atoms with Crippen LogP contribution in [-0.2, 0) is 18.9 Å². The third kappa shape index (κ3) is 7.65. The van der Waals surface area contributed by atoms with Crippen LogP contribution in [0.2, 0.25) is 0 Å². The summed E-state index contributed by atoms with van der Waals surface area (Å²) in [7, 11) is 3.40. The lowest BCUT2D eigenvalue weighted by Crippen LogP contribution is -3.00. The average molecular weight is 472 g/mol. The maximum Gasteiger partial charge on any atom is 0.272 e. The number of aryl methyl sites for hydroxylation is 2. The van der Waals surface area contributed by atoms with Crippen molar-refractivity contribution in [3.63, 3.8) is 0 Å². The van der Waals surface area contributed by atoms with Crippen LogP contribution in [0, 0.1) is 0 Å². The Morgan fingerprint density at radius 1 is 1.00 bits per heavy atom. The van der Waals surface area contributed by atoms with Crippen LogP contribution >= 0.6 is 11.6 Å². The summed E-state index contributed by atoms with van der Waals surface area (Å²) in [6.45, 7) is 0.316. The number of hydrogen-bond acceptors (Lipinski definition) is 3. The van der Waals surface area contributed by atoms with Crippen LogP contribution in [0.25, 0.3) is 0 Å². The largest absolute Gasteiger partial charge is 1.00 e. The van der Waals surface area contributed by atoms with Crippen LogP contribution in [-0.4, -0.2) is 45.1 Å². The molecule has 2 aromatic rings. The Morgan fingerprint density at radius 2 is 1.55 bits per heavy atom. The van der Waals surface area contributed by atoms with E-state index in [0.29, 0.717) is 54.4 Å². The molecule has 0 radical (unpaired) electrons. The third-order valence-electron chi connectivity index (χ3n) is 4.25.